The molecule has 1 aromatic heterocycles. The van der Waals surface area contributed by atoms with Gasteiger partial charge in [0.1, 0.15) is 5.69 Å². The van der Waals surface area contributed by atoms with E-state index in [0.717, 1.165) is 3.57 Å². The zero-order valence-corrected chi connectivity index (χ0v) is 11.2. The Labute approximate surface area is 115 Å². The summed E-state index contributed by atoms with van der Waals surface area (Å²) in [6, 6.07) is 7.20. The van der Waals surface area contributed by atoms with Crippen LogP contribution in [0.5, 0.6) is 0 Å². The van der Waals surface area contributed by atoms with E-state index < -0.39 is 11.2 Å². The second-order valence-electron chi connectivity index (χ2n) is 3.39. The molecule has 0 spiro atoms. The minimum atomic E-state index is -0.630. The first kappa shape index (κ1) is 12.6. The summed E-state index contributed by atoms with van der Waals surface area (Å²) in [5.74, 6) is 0. The van der Waals surface area contributed by atoms with E-state index in [1.807, 2.05) is 12.1 Å². The summed E-state index contributed by atoms with van der Waals surface area (Å²) in [5, 5.41) is 2.25. The first-order valence-electron chi connectivity index (χ1n) is 4.94. The van der Waals surface area contributed by atoms with Crippen LogP contribution in [0.15, 0.2) is 40.1 Å². The van der Waals surface area contributed by atoms with Crippen LogP contribution < -0.4 is 16.6 Å². The molecular weight excluding hydrogens is 349 g/mol. The maximum Gasteiger partial charge on any atom is 0.333 e. The molecule has 0 unspecified atom stereocenters. The molecule has 2 aromatic rings. The largest absolute Gasteiger partial charge is 0.333 e. The lowest BCUT2D eigenvalue weighted by molar-refractivity contribution is -0.105. The van der Waals surface area contributed by atoms with Gasteiger partial charge < -0.3 is 5.32 Å². The monoisotopic (exact) mass is 357 g/mol. The average Bonchev–Trinajstić information content (AvgIpc) is 2.34. The third-order valence-corrected chi connectivity index (χ3v) is 3.18. The number of para-hydroxylation sites is 1. The molecule has 0 aliphatic rings. The highest BCUT2D eigenvalue weighted by Gasteiger charge is 2.07. The van der Waals surface area contributed by atoms with Crippen molar-refractivity contribution in [2.24, 2.45) is 0 Å². The first-order valence-corrected chi connectivity index (χ1v) is 6.02. The Bertz CT molecular complexity index is 705. The molecule has 0 atom stereocenters. The third kappa shape index (κ3) is 2.35. The molecule has 7 heteroatoms. The molecule has 6 nitrogen and oxygen atoms in total. The van der Waals surface area contributed by atoms with Gasteiger partial charge in [-0.05, 0) is 34.7 Å². The lowest BCUT2D eigenvalue weighted by atomic mass is 10.3. The summed E-state index contributed by atoms with van der Waals surface area (Å²) in [6.07, 6.45) is 1.68. The zero-order valence-electron chi connectivity index (χ0n) is 9.01. The van der Waals surface area contributed by atoms with Gasteiger partial charge in [0.15, 0.2) is 0 Å². The number of H-pyrrole nitrogens is 1. The van der Waals surface area contributed by atoms with Crippen LogP contribution in [0.3, 0.4) is 0 Å². The molecule has 0 aliphatic carbocycles. The fraction of sp³-hybridized carbons (Fsp3) is 0. The fourth-order valence-corrected chi connectivity index (χ4v) is 2.11. The number of amides is 1. The van der Waals surface area contributed by atoms with Crippen LogP contribution in [0.2, 0.25) is 0 Å². The summed E-state index contributed by atoms with van der Waals surface area (Å²) in [4.78, 5) is 35.7. The minimum absolute atomic E-state index is 0.0178. The maximum atomic E-state index is 11.7. The van der Waals surface area contributed by atoms with Crippen molar-refractivity contribution in [2.45, 2.75) is 0 Å². The lowest BCUT2D eigenvalue weighted by Crippen LogP contribution is -2.30. The number of benzene rings is 1. The van der Waals surface area contributed by atoms with Gasteiger partial charge in [-0.15, -0.1) is 0 Å². The van der Waals surface area contributed by atoms with E-state index in [2.05, 4.69) is 32.9 Å². The molecule has 0 saturated carbocycles. The number of nitrogens with zero attached hydrogens (tertiary/aromatic N) is 1. The molecule has 2 rings (SSSR count). The Kier molecular flexibility index (Phi) is 3.60. The number of nitrogens with one attached hydrogen (secondary N) is 2. The summed E-state index contributed by atoms with van der Waals surface area (Å²) in [7, 11) is 0. The highest BCUT2D eigenvalue weighted by atomic mass is 127. The van der Waals surface area contributed by atoms with Crippen LogP contribution in [0, 0.1) is 3.57 Å². The Morgan fingerprint density at radius 3 is 2.67 bits per heavy atom. The molecule has 92 valence electrons. The van der Waals surface area contributed by atoms with Gasteiger partial charge >= 0.3 is 5.69 Å². The number of hydrogen-bond acceptors (Lipinski definition) is 3. The number of halogens is 1. The summed E-state index contributed by atoms with van der Waals surface area (Å²) >= 11 is 2.08. The lowest BCUT2D eigenvalue weighted by Gasteiger charge is -2.08. The highest BCUT2D eigenvalue weighted by molar-refractivity contribution is 14.1. The number of aromatic nitrogens is 2. The van der Waals surface area contributed by atoms with Gasteiger partial charge in [-0.3, -0.25) is 19.1 Å². The number of carbonyl (C=O) groups excluding carboxylic acids is 1. The second kappa shape index (κ2) is 5.17. The van der Waals surface area contributed by atoms with E-state index in [0.29, 0.717) is 12.1 Å². The third-order valence-electron chi connectivity index (χ3n) is 2.27. The fourth-order valence-electron chi connectivity index (χ4n) is 1.46. The van der Waals surface area contributed by atoms with Crippen LogP contribution in [0.4, 0.5) is 5.69 Å². The highest BCUT2D eigenvalue weighted by Crippen LogP contribution is 2.14. The minimum Gasteiger partial charge on any atom is -0.323 e. The number of rotatable bonds is 3. The maximum absolute atomic E-state index is 11.7. The molecule has 0 saturated heterocycles. The number of carbonyl (C=O) groups is 1. The van der Waals surface area contributed by atoms with Gasteiger partial charge in [-0.25, -0.2) is 4.79 Å². The van der Waals surface area contributed by atoms with Crippen LogP contribution in [0.1, 0.15) is 0 Å². The first-order chi connectivity index (χ1) is 8.63. The second-order valence-corrected chi connectivity index (χ2v) is 4.55. The van der Waals surface area contributed by atoms with Crippen LogP contribution >= 0.6 is 22.6 Å². The zero-order chi connectivity index (χ0) is 13.1. The van der Waals surface area contributed by atoms with Crippen molar-refractivity contribution in [1.82, 2.24) is 9.55 Å². The Morgan fingerprint density at radius 2 is 2.00 bits per heavy atom. The summed E-state index contributed by atoms with van der Waals surface area (Å²) < 4.78 is 2.12. The Hall–Kier alpha value is -1.90. The van der Waals surface area contributed by atoms with E-state index in [1.165, 1.54) is 10.8 Å². The molecule has 0 radical (unpaired) electrons. The smallest absolute Gasteiger partial charge is 0.323 e. The number of hydrogen-bond donors (Lipinski definition) is 2. The molecule has 2 N–H and O–H groups in total. The van der Waals surface area contributed by atoms with E-state index in [1.54, 1.807) is 12.1 Å². The molecule has 1 heterocycles. The predicted molar refractivity (Wildman–Crippen MR) is 75.1 cm³/mol. The van der Waals surface area contributed by atoms with Gasteiger partial charge in [-0.2, -0.15) is 0 Å². The van der Waals surface area contributed by atoms with Gasteiger partial charge in [0.25, 0.3) is 5.56 Å². The van der Waals surface area contributed by atoms with Crippen molar-refractivity contribution >= 4 is 34.7 Å². The topological polar surface area (TPSA) is 84.0 Å². The van der Waals surface area contributed by atoms with Crippen molar-refractivity contribution in [2.75, 3.05) is 5.32 Å². The Balaban J connectivity index is 2.69. The molecular formula is C11H8IN3O3. The SMILES string of the molecule is O=CNc1cn(-c2ccccc2I)c(=O)[nH]c1=O. The normalized spacial score (nSPS) is 10.1. The van der Waals surface area contributed by atoms with Gasteiger partial charge in [-0.1, -0.05) is 12.1 Å². The average molecular weight is 357 g/mol. The molecule has 1 amide bonds. The van der Waals surface area contributed by atoms with E-state index in [-0.39, 0.29) is 5.69 Å². The van der Waals surface area contributed by atoms with Crippen LogP contribution in [-0.2, 0) is 4.79 Å². The van der Waals surface area contributed by atoms with E-state index in [4.69, 9.17) is 0 Å². The van der Waals surface area contributed by atoms with Gasteiger partial charge in [0.2, 0.25) is 6.41 Å². The number of aromatic amines is 1. The van der Waals surface area contributed by atoms with Crippen LogP contribution in [-0.4, -0.2) is 16.0 Å². The molecule has 0 fully saturated rings. The predicted octanol–water partition coefficient (Wildman–Crippen LogP) is 0.699. The summed E-state index contributed by atoms with van der Waals surface area (Å²) in [6.45, 7) is 0. The van der Waals surface area contributed by atoms with E-state index >= 15 is 0 Å². The molecule has 0 bridgehead atoms. The van der Waals surface area contributed by atoms with Crippen LogP contribution in [0.25, 0.3) is 5.69 Å². The van der Waals surface area contributed by atoms with Crippen molar-refractivity contribution in [3.63, 3.8) is 0 Å². The Morgan fingerprint density at radius 1 is 1.28 bits per heavy atom. The number of anilines is 1. The molecule has 1 aromatic carbocycles. The van der Waals surface area contributed by atoms with Crippen molar-refractivity contribution < 1.29 is 4.79 Å². The summed E-state index contributed by atoms with van der Waals surface area (Å²) in [5.41, 5.74) is -0.535. The quantitative estimate of drug-likeness (QED) is 0.627. The van der Waals surface area contributed by atoms with Gasteiger partial charge in [0, 0.05) is 9.77 Å². The molecule has 18 heavy (non-hydrogen) atoms. The van der Waals surface area contributed by atoms with Crippen molar-refractivity contribution in [1.29, 1.82) is 0 Å². The van der Waals surface area contributed by atoms with Crippen molar-refractivity contribution in [3.8, 4) is 5.69 Å². The molecule has 0 aliphatic heterocycles. The van der Waals surface area contributed by atoms with Crippen molar-refractivity contribution in [3.05, 3.63) is 54.9 Å². The van der Waals surface area contributed by atoms with Gasteiger partial charge in [0.05, 0.1) is 5.69 Å². The van der Waals surface area contributed by atoms with E-state index in [9.17, 15) is 14.4 Å². The standard InChI is InChI=1S/C11H8IN3O3/c12-7-3-1-2-4-9(7)15-5-8(13-6-16)10(17)14-11(15)18/h1-6H,(H,13,16)(H,14,17,18).